The van der Waals surface area contributed by atoms with E-state index in [9.17, 15) is 9.59 Å². The van der Waals surface area contributed by atoms with Crippen molar-refractivity contribution in [3.8, 4) is 0 Å². The van der Waals surface area contributed by atoms with E-state index in [-0.39, 0.29) is 19.0 Å². The molecule has 0 aliphatic heterocycles. The molecular formula is C14H18BrN3O2. The number of nitrogens with zero attached hydrogens (tertiary/aromatic N) is 1. The molecule has 0 spiro atoms. The van der Waals surface area contributed by atoms with Gasteiger partial charge in [0.2, 0.25) is 5.91 Å². The molecule has 0 saturated heterocycles. The standard InChI is InChI=1S/C14H18BrN3O2/c1-11(15)9-17-14(20)18(8-7-13(16)19)10-12-5-3-2-4-6-12/h2-6H,1,7-10H2,(H2,16,19)(H,17,20). The predicted molar refractivity (Wildman–Crippen MR) is 82.1 cm³/mol. The number of rotatable bonds is 7. The van der Waals surface area contributed by atoms with E-state index in [0.717, 1.165) is 5.56 Å². The Labute approximate surface area is 127 Å². The van der Waals surface area contributed by atoms with Gasteiger partial charge in [-0.15, -0.1) is 0 Å². The van der Waals surface area contributed by atoms with E-state index in [0.29, 0.717) is 17.6 Å². The molecule has 0 heterocycles. The third-order valence-electron chi connectivity index (χ3n) is 2.56. The molecule has 1 rings (SSSR count). The highest BCUT2D eigenvalue weighted by Gasteiger charge is 2.14. The summed E-state index contributed by atoms with van der Waals surface area (Å²) in [5.41, 5.74) is 6.13. The summed E-state index contributed by atoms with van der Waals surface area (Å²) in [6, 6.07) is 9.31. The fourth-order valence-corrected chi connectivity index (χ4v) is 1.72. The van der Waals surface area contributed by atoms with Crippen molar-refractivity contribution in [1.82, 2.24) is 10.2 Å². The second-order valence-corrected chi connectivity index (χ2v) is 5.42. The van der Waals surface area contributed by atoms with Gasteiger partial charge in [0.1, 0.15) is 0 Å². The number of nitrogens with two attached hydrogens (primary N) is 1. The van der Waals surface area contributed by atoms with Gasteiger partial charge in [-0.3, -0.25) is 4.79 Å². The molecule has 3 N–H and O–H groups in total. The number of hydrogen-bond acceptors (Lipinski definition) is 2. The summed E-state index contributed by atoms with van der Waals surface area (Å²) >= 11 is 3.18. The normalized spacial score (nSPS) is 9.85. The van der Waals surface area contributed by atoms with Crippen LogP contribution in [-0.2, 0) is 11.3 Å². The van der Waals surface area contributed by atoms with Gasteiger partial charge in [-0.25, -0.2) is 4.79 Å². The van der Waals surface area contributed by atoms with Gasteiger partial charge in [0.15, 0.2) is 0 Å². The van der Waals surface area contributed by atoms with Gasteiger partial charge in [0.05, 0.1) is 6.54 Å². The van der Waals surface area contributed by atoms with E-state index in [1.807, 2.05) is 30.3 Å². The smallest absolute Gasteiger partial charge is 0.317 e. The van der Waals surface area contributed by atoms with Crippen LogP contribution < -0.4 is 11.1 Å². The van der Waals surface area contributed by atoms with E-state index in [2.05, 4.69) is 27.8 Å². The minimum atomic E-state index is -0.430. The van der Waals surface area contributed by atoms with E-state index >= 15 is 0 Å². The van der Waals surface area contributed by atoms with Crippen molar-refractivity contribution in [3.63, 3.8) is 0 Å². The minimum Gasteiger partial charge on any atom is -0.370 e. The Kier molecular flexibility index (Phi) is 6.79. The van der Waals surface area contributed by atoms with E-state index in [1.165, 1.54) is 0 Å². The number of hydrogen-bond donors (Lipinski definition) is 2. The molecule has 0 fully saturated rings. The third-order valence-corrected chi connectivity index (χ3v) is 2.84. The molecule has 0 atom stereocenters. The lowest BCUT2D eigenvalue weighted by Crippen LogP contribution is -2.41. The zero-order valence-electron chi connectivity index (χ0n) is 11.1. The Morgan fingerprint density at radius 2 is 1.95 bits per heavy atom. The molecule has 0 radical (unpaired) electrons. The molecule has 0 bridgehead atoms. The van der Waals surface area contributed by atoms with Crippen molar-refractivity contribution in [2.24, 2.45) is 5.73 Å². The van der Waals surface area contributed by atoms with Gasteiger partial charge in [-0.1, -0.05) is 52.8 Å². The van der Waals surface area contributed by atoms with Crippen LogP contribution in [-0.4, -0.2) is 29.9 Å². The van der Waals surface area contributed by atoms with Gasteiger partial charge in [0, 0.05) is 24.0 Å². The predicted octanol–water partition coefficient (Wildman–Crippen LogP) is 1.98. The Bertz CT molecular complexity index is 477. The van der Waals surface area contributed by atoms with Crippen LogP contribution in [0.2, 0.25) is 0 Å². The largest absolute Gasteiger partial charge is 0.370 e. The first-order valence-electron chi connectivity index (χ1n) is 6.17. The first kappa shape index (κ1) is 16.2. The van der Waals surface area contributed by atoms with Gasteiger partial charge in [-0.2, -0.15) is 0 Å². The van der Waals surface area contributed by atoms with Crippen molar-refractivity contribution in [3.05, 3.63) is 47.0 Å². The maximum absolute atomic E-state index is 12.1. The summed E-state index contributed by atoms with van der Waals surface area (Å²) in [6.45, 7) is 4.70. The van der Waals surface area contributed by atoms with E-state index < -0.39 is 5.91 Å². The van der Waals surface area contributed by atoms with Crippen LogP contribution in [0, 0.1) is 0 Å². The Morgan fingerprint density at radius 3 is 2.50 bits per heavy atom. The number of benzene rings is 1. The highest BCUT2D eigenvalue weighted by Crippen LogP contribution is 2.06. The molecule has 0 aromatic heterocycles. The van der Waals surface area contributed by atoms with Crippen LogP contribution in [0.3, 0.4) is 0 Å². The summed E-state index contributed by atoms with van der Waals surface area (Å²) < 4.78 is 0.681. The van der Waals surface area contributed by atoms with E-state index in [4.69, 9.17) is 5.73 Å². The average Bonchev–Trinajstić information content (AvgIpc) is 2.41. The fraction of sp³-hybridized carbons (Fsp3) is 0.286. The van der Waals surface area contributed by atoms with Crippen LogP contribution in [0.4, 0.5) is 4.79 Å². The van der Waals surface area contributed by atoms with Crippen LogP contribution in [0.5, 0.6) is 0 Å². The third kappa shape index (κ3) is 6.38. The average molecular weight is 340 g/mol. The molecule has 0 aliphatic carbocycles. The molecule has 3 amide bonds. The second kappa shape index (κ2) is 8.37. The summed E-state index contributed by atoms with van der Waals surface area (Å²) in [5.74, 6) is -0.430. The summed E-state index contributed by atoms with van der Waals surface area (Å²) in [4.78, 5) is 24.5. The monoisotopic (exact) mass is 339 g/mol. The maximum Gasteiger partial charge on any atom is 0.317 e. The van der Waals surface area contributed by atoms with Crippen molar-refractivity contribution < 1.29 is 9.59 Å². The first-order chi connectivity index (χ1) is 9.49. The van der Waals surface area contributed by atoms with Gasteiger partial charge in [-0.05, 0) is 5.56 Å². The van der Waals surface area contributed by atoms with Crippen LogP contribution in [0.15, 0.2) is 41.4 Å². The molecule has 0 aliphatic rings. The fourth-order valence-electron chi connectivity index (χ4n) is 1.58. The van der Waals surface area contributed by atoms with Crippen LogP contribution >= 0.6 is 15.9 Å². The van der Waals surface area contributed by atoms with Crippen LogP contribution in [0.1, 0.15) is 12.0 Å². The number of amides is 3. The highest BCUT2D eigenvalue weighted by atomic mass is 79.9. The summed E-state index contributed by atoms with van der Waals surface area (Å²) in [7, 11) is 0. The Hall–Kier alpha value is -1.82. The molecule has 1 aromatic carbocycles. The molecule has 20 heavy (non-hydrogen) atoms. The first-order valence-corrected chi connectivity index (χ1v) is 6.96. The lowest BCUT2D eigenvalue weighted by molar-refractivity contribution is -0.118. The number of carbonyl (C=O) groups is 2. The zero-order valence-corrected chi connectivity index (χ0v) is 12.7. The lowest BCUT2D eigenvalue weighted by Gasteiger charge is -2.22. The number of halogens is 1. The molecule has 0 saturated carbocycles. The molecule has 5 nitrogen and oxygen atoms in total. The molecule has 6 heteroatoms. The zero-order chi connectivity index (χ0) is 15.0. The van der Waals surface area contributed by atoms with Crippen molar-refractivity contribution in [2.45, 2.75) is 13.0 Å². The molecule has 1 aromatic rings. The molecule has 108 valence electrons. The Balaban J connectivity index is 2.66. The minimum absolute atomic E-state index is 0.134. The maximum atomic E-state index is 12.1. The number of carbonyl (C=O) groups excluding carboxylic acids is 2. The van der Waals surface area contributed by atoms with Crippen LogP contribution in [0.25, 0.3) is 0 Å². The topological polar surface area (TPSA) is 75.4 Å². The van der Waals surface area contributed by atoms with Gasteiger partial charge in [0.25, 0.3) is 0 Å². The summed E-state index contributed by atoms with van der Waals surface area (Å²) in [5, 5.41) is 2.71. The van der Waals surface area contributed by atoms with Crippen molar-refractivity contribution in [1.29, 1.82) is 0 Å². The SMILES string of the molecule is C=C(Br)CNC(=O)N(CCC(N)=O)Cc1ccccc1. The van der Waals surface area contributed by atoms with E-state index in [1.54, 1.807) is 4.90 Å². The number of urea groups is 1. The lowest BCUT2D eigenvalue weighted by atomic mass is 10.2. The summed E-state index contributed by atoms with van der Waals surface area (Å²) in [6.07, 6.45) is 0.134. The Morgan fingerprint density at radius 1 is 1.30 bits per heavy atom. The number of primary amides is 1. The van der Waals surface area contributed by atoms with Gasteiger partial charge >= 0.3 is 6.03 Å². The highest BCUT2D eigenvalue weighted by molar-refractivity contribution is 9.11. The molecule has 0 unspecified atom stereocenters. The van der Waals surface area contributed by atoms with Gasteiger partial charge < -0.3 is 16.0 Å². The molecular weight excluding hydrogens is 322 g/mol. The van der Waals surface area contributed by atoms with Crippen molar-refractivity contribution in [2.75, 3.05) is 13.1 Å². The number of nitrogens with one attached hydrogen (secondary N) is 1. The van der Waals surface area contributed by atoms with Crippen molar-refractivity contribution >= 4 is 27.9 Å². The second-order valence-electron chi connectivity index (χ2n) is 4.30. The quantitative estimate of drug-likeness (QED) is 0.796.